The summed E-state index contributed by atoms with van der Waals surface area (Å²) in [6.07, 6.45) is 3.35. The summed E-state index contributed by atoms with van der Waals surface area (Å²) in [4.78, 5) is 35.9. The van der Waals surface area contributed by atoms with Crippen molar-refractivity contribution in [1.82, 2.24) is 20.3 Å². The fraction of sp³-hybridized carbons (Fsp3) is 0.682. The molecule has 0 aromatic carbocycles. The molecule has 1 aromatic heterocycles. The van der Waals surface area contributed by atoms with Crippen molar-refractivity contribution in [3.63, 3.8) is 0 Å². The van der Waals surface area contributed by atoms with Gasteiger partial charge in [-0.2, -0.15) is 0 Å². The van der Waals surface area contributed by atoms with Crippen LogP contribution in [0.15, 0.2) is 18.3 Å². The molecule has 0 saturated heterocycles. The number of hydrogen-bond donors (Lipinski definition) is 1. The number of hydrogen-bond acceptors (Lipinski definition) is 10. The molecule has 2 heterocycles. The Morgan fingerprint density at radius 2 is 1.91 bits per heavy atom. The molecule has 1 aliphatic heterocycles. The molecule has 34 heavy (non-hydrogen) atoms. The van der Waals surface area contributed by atoms with E-state index in [1.165, 1.54) is 11.6 Å². The minimum absolute atomic E-state index is 0.00520. The number of carbonyl (C=O) groups excluding carboxylic acids is 3. The van der Waals surface area contributed by atoms with Crippen molar-refractivity contribution >= 4 is 18.0 Å². The summed E-state index contributed by atoms with van der Waals surface area (Å²) >= 11 is 0. The largest absolute Gasteiger partial charge is 0.464 e. The van der Waals surface area contributed by atoms with Crippen LogP contribution in [0.2, 0.25) is 0 Å². The zero-order chi connectivity index (χ0) is 25.3. The topological polar surface area (TPSA) is 140 Å². The Morgan fingerprint density at radius 3 is 2.53 bits per heavy atom. The first kappa shape index (κ1) is 27.3. The van der Waals surface area contributed by atoms with Crippen molar-refractivity contribution in [1.29, 1.82) is 0 Å². The lowest BCUT2D eigenvalue weighted by atomic mass is 10.1. The third-order valence-corrected chi connectivity index (χ3v) is 4.48. The van der Waals surface area contributed by atoms with Gasteiger partial charge in [0.25, 0.3) is 0 Å². The summed E-state index contributed by atoms with van der Waals surface area (Å²) in [5, 5.41) is 10.8. The summed E-state index contributed by atoms with van der Waals surface area (Å²) in [6.45, 7) is 10.6. The average molecular weight is 483 g/mol. The molecule has 0 unspecified atom stereocenters. The molecule has 2 rings (SSSR count). The molecule has 1 aromatic rings. The number of amides is 1. The third kappa shape index (κ3) is 8.75. The molecule has 1 aliphatic rings. The number of aromatic nitrogens is 3. The van der Waals surface area contributed by atoms with Gasteiger partial charge < -0.3 is 29.0 Å². The van der Waals surface area contributed by atoms with Crippen molar-refractivity contribution < 1.29 is 38.1 Å². The SMILES string of the molecule is CCOC(=O)[C@@H](Cc1cn([C@H]2C=C[C@@H](OCC)O[C@@H]2COC(C)=O)nn1)NC(=O)OC(C)(C)C. The molecule has 0 spiro atoms. The van der Waals surface area contributed by atoms with Gasteiger partial charge in [-0.3, -0.25) is 4.79 Å². The van der Waals surface area contributed by atoms with Gasteiger partial charge in [-0.15, -0.1) is 5.10 Å². The number of ether oxygens (including phenoxy) is 5. The van der Waals surface area contributed by atoms with Gasteiger partial charge in [-0.1, -0.05) is 11.3 Å². The first-order chi connectivity index (χ1) is 16.0. The predicted octanol–water partition coefficient (Wildman–Crippen LogP) is 1.70. The second-order valence-corrected chi connectivity index (χ2v) is 8.52. The Hall–Kier alpha value is -2.99. The summed E-state index contributed by atoms with van der Waals surface area (Å²) in [6, 6.07) is -1.45. The maximum atomic E-state index is 12.4. The van der Waals surface area contributed by atoms with E-state index in [2.05, 4.69) is 15.6 Å². The second kappa shape index (κ2) is 12.5. The van der Waals surface area contributed by atoms with Gasteiger partial charge in [0.2, 0.25) is 0 Å². The molecule has 0 fully saturated rings. The van der Waals surface area contributed by atoms with Gasteiger partial charge in [-0.25, -0.2) is 14.3 Å². The van der Waals surface area contributed by atoms with Crippen LogP contribution in [-0.2, 0) is 39.7 Å². The lowest BCUT2D eigenvalue weighted by Crippen LogP contribution is -2.45. The molecule has 1 amide bonds. The number of rotatable bonds is 10. The lowest BCUT2D eigenvalue weighted by Gasteiger charge is -2.31. The quantitative estimate of drug-likeness (QED) is 0.298. The number of esters is 2. The highest BCUT2D eigenvalue weighted by atomic mass is 16.7. The van der Waals surface area contributed by atoms with Crippen LogP contribution < -0.4 is 5.32 Å². The standard InChI is InChI=1S/C22H34N4O8/c1-7-30-19-10-9-17(18(33-19)13-32-14(3)27)26-12-15(24-25-26)11-16(20(28)31-8-2)23-21(29)34-22(4,5)6/h9-10,12,16-19H,7-8,11,13H2,1-6H3,(H,23,29)/t16-,17+,18-,19+/m1/s1. The van der Waals surface area contributed by atoms with E-state index in [-0.39, 0.29) is 19.6 Å². The van der Waals surface area contributed by atoms with Gasteiger partial charge in [-0.05, 0) is 40.7 Å². The summed E-state index contributed by atoms with van der Waals surface area (Å²) in [7, 11) is 0. The van der Waals surface area contributed by atoms with Gasteiger partial charge in [0, 0.05) is 26.1 Å². The van der Waals surface area contributed by atoms with Gasteiger partial charge in [0.05, 0.1) is 12.3 Å². The molecule has 0 bridgehead atoms. The van der Waals surface area contributed by atoms with Gasteiger partial charge in [0.15, 0.2) is 6.29 Å². The molecule has 12 nitrogen and oxygen atoms in total. The maximum absolute atomic E-state index is 12.4. The Morgan fingerprint density at radius 1 is 1.18 bits per heavy atom. The Bertz CT molecular complexity index is 863. The first-order valence-corrected chi connectivity index (χ1v) is 11.2. The minimum atomic E-state index is -1.02. The molecule has 4 atom stereocenters. The van der Waals surface area contributed by atoms with Crippen LogP contribution in [0.25, 0.3) is 0 Å². The van der Waals surface area contributed by atoms with Gasteiger partial charge >= 0.3 is 18.0 Å². The Kier molecular flexibility index (Phi) is 9.99. The van der Waals surface area contributed by atoms with E-state index in [4.69, 9.17) is 23.7 Å². The van der Waals surface area contributed by atoms with Crippen LogP contribution in [0, 0.1) is 0 Å². The van der Waals surface area contributed by atoms with Crippen molar-refractivity contribution in [3.8, 4) is 0 Å². The number of alkyl carbamates (subject to hydrolysis) is 1. The van der Waals surface area contributed by atoms with E-state index < -0.39 is 48.1 Å². The number of carbonyl (C=O) groups is 3. The highest BCUT2D eigenvalue weighted by molar-refractivity contribution is 5.81. The molecule has 190 valence electrons. The zero-order valence-electron chi connectivity index (χ0n) is 20.5. The monoisotopic (exact) mass is 482 g/mol. The summed E-state index contributed by atoms with van der Waals surface area (Å²) < 4.78 is 28.4. The molecular formula is C22H34N4O8. The highest BCUT2D eigenvalue weighted by Gasteiger charge is 2.32. The van der Waals surface area contributed by atoms with E-state index in [9.17, 15) is 14.4 Å². The average Bonchev–Trinajstić information content (AvgIpc) is 3.19. The van der Waals surface area contributed by atoms with Crippen LogP contribution in [0.3, 0.4) is 0 Å². The second-order valence-electron chi connectivity index (χ2n) is 8.52. The molecule has 0 aliphatic carbocycles. The molecule has 12 heteroatoms. The highest BCUT2D eigenvalue weighted by Crippen LogP contribution is 2.24. The predicted molar refractivity (Wildman–Crippen MR) is 119 cm³/mol. The number of nitrogens with zero attached hydrogens (tertiary/aromatic N) is 3. The van der Waals surface area contributed by atoms with Crippen LogP contribution in [0.5, 0.6) is 0 Å². The number of nitrogens with one attached hydrogen (secondary N) is 1. The van der Waals surface area contributed by atoms with Crippen LogP contribution in [0.1, 0.15) is 53.3 Å². The van der Waals surface area contributed by atoms with E-state index in [0.29, 0.717) is 12.3 Å². The van der Waals surface area contributed by atoms with Crippen molar-refractivity contribution in [3.05, 3.63) is 24.0 Å². The molecule has 1 N–H and O–H groups in total. The van der Waals surface area contributed by atoms with Crippen LogP contribution in [-0.4, -0.2) is 76.9 Å². The minimum Gasteiger partial charge on any atom is -0.464 e. The lowest BCUT2D eigenvalue weighted by molar-refractivity contribution is -0.177. The normalized spacial score (nSPS) is 20.9. The molecule has 0 saturated carbocycles. The molecule has 0 radical (unpaired) electrons. The van der Waals surface area contributed by atoms with Crippen molar-refractivity contribution in [2.75, 3.05) is 19.8 Å². The summed E-state index contributed by atoms with van der Waals surface area (Å²) in [5.74, 6) is -1.05. The van der Waals surface area contributed by atoms with Crippen LogP contribution >= 0.6 is 0 Å². The van der Waals surface area contributed by atoms with E-state index in [0.717, 1.165) is 0 Å². The van der Waals surface area contributed by atoms with E-state index >= 15 is 0 Å². The van der Waals surface area contributed by atoms with Crippen molar-refractivity contribution in [2.45, 2.75) is 78.0 Å². The zero-order valence-corrected chi connectivity index (χ0v) is 20.5. The maximum Gasteiger partial charge on any atom is 0.408 e. The van der Waals surface area contributed by atoms with Crippen LogP contribution in [0.4, 0.5) is 4.79 Å². The van der Waals surface area contributed by atoms with Gasteiger partial charge in [0.1, 0.15) is 30.4 Å². The third-order valence-electron chi connectivity index (χ3n) is 4.48. The molecular weight excluding hydrogens is 448 g/mol. The van der Waals surface area contributed by atoms with Crippen molar-refractivity contribution in [2.24, 2.45) is 0 Å². The van der Waals surface area contributed by atoms with E-state index in [1.54, 1.807) is 40.0 Å². The first-order valence-electron chi connectivity index (χ1n) is 11.2. The summed E-state index contributed by atoms with van der Waals surface area (Å²) in [5.41, 5.74) is -0.295. The van der Waals surface area contributed by atoms with E-state index in [1.807, 2.05) is 13.0 Å². The Balaban J connectivity index is 2.16. The Labute approximate surface area is 198 Å². The fourth-order valence-electron chi connectivity index (χ4n) is 3.13. The smallest absolute Gasteiger partial charge is 0.408 e. The fourth-order valence-corrected chi connectivity index (χ4v) is 3.13.